The number of fused-ring (bicyclic) bond motifs is 1. The van der Waals surface area contributed by atoms with E-state index in [1.54, 1.807) is 4.68 Å². The van der Waals surface area contributed by atoms with E-state index in [0.717, 1.165) is 23.5 Å². The van der Waals surface area contributed by atoms with Gasteiger partial charge in [-0.25, -0.2) is 9.97 Å². The maximum Gasteiger partial charge on any atom is 0.230 e. The van der Waals surface area contributed by atoms with Gasteiger partial charge in [-0.3, -0.25) is 4.79 Å². The summed E-state index contributed by atoms with van der Waals surface area (Å²) in [5.41, 5.74) is 3.18. The first kappa shape index (κ1) is 21.3. The lowest BCUT2D eigenvalue weighted by Gasteiger charge is -2.37. The molecule has 1 atom stereocenters. The summed E-state index contributed by atoms with van der Waals surface area (Å²) in [6, 6.07) is 17.4. The quantitative estimate of drug-likeness (QED) is 0.450. The average Bonchev–Trinajstić information content (AvgIpc) is 3.30. The van der Waals surface area contributed by atoms with Crippen LogP contribution in [0.3, 0.4) is 0 Å². The van der Waals surface area contributed by atoms with Crippen LogP contribution in [0.15, 0.2) is 60.9 Å². The van der Waals surface area contributed by atoms with Crippen molar-refractivity contribution in [2.24, 2.45) is 0 Å². The molecule has 9 heteroatoms. The van der Waals surface area contributed by atoms with Crippen LogP contribution in [-0.4, -0.2) is 61.9 Å². The highest BCUT2D eigenvalue weighted by atomic mass is 35.5. The molecule has 0 radical (unpaired) electrons. The number of hydrogen-bond acceptors (Lipinski definition) is 6. The fourth-order valence-electron chi connectivity index (χ4n) is 4.32. The number of halogens is 1. The number of aromatic nitrogens is 5. The Labute approximate surface area is 196 Å². The minimum atomic E-state index is -0.109. The number of nitrogens with zero attached hydrogens (tertiary/aromatic N) is 7. The molecular formula is C24H24ClN7O. The molecule has 0 aliphatic carbocycles. The fourth-order valence-corrected chi connectivity index (χ4v) is 4.45. The topological polar surface area (TPSA) is 80.0 Å². The minimum Gasteiger partial charge on any atom is -0.351 e. The predicted molar refractivity (Wildman–Crippen MR) is 128 cm³/mol. The summed E-state index contributed by atoms with van der Waals surface area (Å²) in [6.45, 7) is 4.69. The molecule has 0 N–H and O–H groups in total. The highest BCUT2D eigenvalue weighted by Gasteiger charge is 2.29. The van der Waals surface area contributed by atoms with Crippen molar-refractivity contribution < 1.29 is 4.79 Å². The standard InChI is InChI=1S/C24H24ClN7O/c1-2-20(17-6-4-3-5-7-17)24(33)31-14-12-30(13-15-31)22-21-23(27-16-26-22)32(29-28-21)19-10-8-18(25)9-11-19/h3-11,16,20H,2,12-15H2,1H3. The van der Waals surface area contributed by atoms with Crippen LogP contribution in [-0.2, 0) is 4.79 Å². The molecule has 1 fully saturated rings. The normalized spacial score (nSPS) is 15.1. The van der Waals surface area contributed by atoms with Gasteiger partial charge in [0.05, 0.1) is 11.6 Å². The summed E-state index contributed by atoms with van der Waals surface area (Å²) in [5, 5.41) is 9.31. The lowest BCUT2D eigenvalue weighted by molar-refractivity contribution is -0.133. The summed E-state index contributed by atoms with van der Waals surface area (Å²) < 4.78 is 1.68. The maximum atomic E-state index is 13.2. The van der Waals surface area contributed by atoms with Crippen LogP contribution in [0.2, 0.25) is 5.02 Å². The smallest absolute Gasteiger partial charge is 0.230 e. The Balaban J connectivity index is 1.33. The Morgan fingerprint density at radius 2 is 1.73 bits per heavy atom. The second-order valence-corrected chi connectivity index (χ2v) is 8.47. The number of carbonyl (C=O) groups excluding carboxylic acids is 1. The van der Waals surface area contributed by atoms with Gasteiger partial charge in [0.2, 0.25) is 5.91 Å². The van der Waals surface area contributed by atoms with Crippen LogP contribution in [0, 0.1) is 0 Å². The highest BCUT2D eigenvalue weighted by Crippen LogP contribution is 2.26. The van der Waals surface area contributed by atoms with E-state index in [0.29, 0.717) is 42.4 Å². The number of benzene rings is 2. The van der Waals surface area contributed by atoms with Gasteiger partial charge < -0.3 is 9.80 Å². The Morgan fingerprint density at radius 3 is 2.42 bits per heavy atom. The van der Waals surface area contributed by atoms with Gasteiger partial charge in [0, 0.05) is 31.2 Å². The molecule has 2 aromatic carbocycles. The second kappa shape index (κ2) is 9.15. The van der Waals surface area contributed by atoms with Gasteiger partial charge in [0.15, 0.2) is 17.0 Å². The van der Waals surface area contributed by atoms with E-state index >= 15 is 0 Å². The summed E-state index contributed by atoms with van der Waals surface area (Å²) in [6.07, 6.45) is 2.32. The van der Waals surface area contributed by atoms with Crippen molar-refractivity contribution in [2.75, 3.05) is 31.1 Å². The second-order valence-electron chi connectivity index (χ2n) is 8.03. The monoisotopic (exact) mass is 461 g/mol. The summed E-state index contributed by atoms with van der Waals surface area (Å²) in [5.74, 6) is 0.815. The zero-order chi connectivity index (χ0) is 22.8. The van der Waals surface area contributed by atoms with E-state index in [9.17, 15) is 4.79 Å². The summed E-state index contributed by atoms with van der Waals surface area (Å²) in [4.78, 5) is 26.2. The van der Waals surface area contributed by atoms with Gasteiger partial charge in [-0.1, -0.05) is 54.1 Å². The lowest BCUT2D eigenvalue weighted by atomic mass is 9.95. The largest absolute Gasteiger partial charge is 0.351 e. The predicted octanol–water partition coefficient (Wildman–Crippen LogP) is 3.71. The molecular weight excluding hydrogens is 438 g/mol. The maximum absolute atomic E-state index is 13.2. The Hall–Kier alpha value is -3.52. The summed E-state index contributed by atoms with van der Waals surface area (Å²) >= 11 is 6.01. The van der Waals surface area contributed by atoms with Crippen molar-refractivity contribution in [1.82, 2.24) is 29.9 Å². The fraction of sp³-hybridized carbons (Fsp3) is 0.292. The third-order valence-electron chi connectivity index (χ3n) is 6.09. The van der Waals surface area contributed by atoms with Crippen LogP contribution < -0.4 is 4.90 Å². The number of carbonyl (C=O) groups is 1. The molecule has 1 aliphatic heterocycles. The van der Waals surface area contributed by atoms with Crippen LogP contribution in [0.4, 0.5) is 5.82 Å². The number of hydrogen-bond donors (Lipinski definition) is 0. The first-order valence-electron chi connectivity index (χ1n) is 11.1. The third-order valence-corrected chi connectivity index (χ3v) is 6.34. The van der Waals surface area contributed by atoms with Crippen molar-refractivity contribution in [3.05, 3.63) is 71.5 Å². The molecule has 2 aromatic heterocycles. The minimum absolute atomic E-state index is 0.109. The van der Waals surface area contributed by atoms with Gasteiger partial charge in [-0.2, -0.15) is 4.68 Å². The highest BCUT2D eigenvalue weighted by molar-refractivity contribution is 6.30. The van der Waals surface area contributed by atoms with Crippen LogP contribution >= 0.6 is 11.6 Å². The Morgan fingerprint density at radius 1 is 1.00 bits per heavy atom. The van der Waals surface area contributed by atoms with Crippen LogP contribution in [0.25, 0.3) is 16.9 Å². The molecule has 0 saturated carbocycles. The van der Waals surface area contributed by atoms with Crippen molar-refractivity contribution >= 4 is 34.5 Å². The average molecular weight is 462 g/mol. The van der Waals surface area contributed by atoms with E-state index in [1.165, 1.54) is 6.33 Å². The van der Waals surface area contributed by atoms with Gasteiger partial charge in [0.25, 0.3) is 0 Å². The molecule has 168 valence electrons. The first-order chi connectivity index (χ1) is 16.2. The van der Waals surface area contributed by atoms with E-state index < -0.39 is 0 Å². The molecule has 0 bridgehead atoms. The van der Waals surface area contributed by atoms with E-state index in [2.05, 4.69) is 32.1 Å². The zero-order valence-electron chi connectivity index (χ0n) is 18.3. The Bertz CT molecular complexity index is 1250. The molecule has 1 amide bonds. The van der Waals surface area contributed by atoms with Crippen molar-refractivity contribution in [3.63, 3.8) is 0 Å². The van der Waals surface area contributed by atoms with Crippen molar-refractivity contribution in [3.8, 4) is 5.69 Å². The van der Waals surface area contributed by atoms with Gasteiger partial charge in [-0.05, 0) is 36.2 Å². The van der Waals surface area contributed by atoms with E-state index in [-0.39, 0.29) is 11.8 Å². The molecule has 5 rings (SSSR count). The summed E-state index contributed by atoms with van der Waals surface area (Å²) in [7, 11) is 0. The molecule has 4 aromatic rings. The molecule has 8 nitrogen and oxygen atoms in total. The third kappa shape index (κ3) is 4.14. The Kier molecular flexibility index (Phi) is 5.92. The lowest BCUT2D eigenvalue weighted by Crippen LogP contribution is -2.50. The molecule has 1 aliphatic rings. The molecule has 3 heterocycles. The molecule has 1 unspecified atom stereocenters. The molecule has 0 spiro atoms. The molecule has 33 heavy (non-hydrogen) atoms. The number of piperazine rings is 1. The zero-order valence-corrected chi connectivity index (χ0v) is 19.1. The van der Waals surface area contributed by atoms with Crippen LogP contribution in [0.1, 0.15) is 24.8 Å². The van der Waals surface area contributed by atoms with Gasteiger partial charge in [-0.15, -0.1) is 5.10 Å². The van der Waals surface area contributed by atoms with Crippen molar-refractivity contribution in [2.45, 2.75) is 19.3 Å². The van der Waals surface area contributed by atoms with Gasteiger partial charge in [0.1, 0.15) is 6.33 Å². The van der Waals surface area contributed by atoms with Crippen molar-refractivity contribution in [1.29, 1.82) is 0 Å². The van der Waals surface area contributed by atoms with Crippen LogP contribution in [0.5, 0.6) is 0 Å². The van der Waals surface area contributed by atoms with Gasteiger partial charge >= 0.3 is 0 Å². The number of anilines is 1. The van der Waals surface area contributed by atoms with E-state index in [1.807, 2.05) is 59.5 Å². The number of rotatable bonds is 5. The molecule has 1 saturated heterocycles. The first-order valence-corrected chi connectivity index (χ1v) is 11.4. The van der Waals surface area contributed by atoms with E-state index in [4.69, 9.17) is 11.6 Å². The number of amides is 1. The SMILES string of the molecule is CCC(C(=O)N1CCN(c2ncnc3c2nnn3-c2ccc(Cl)cc2)CC1)c1ccccc1.